The van der Waals surface area contributed by atoms with Crippen molar-refractivity contribution in [3.8, 4) is 0 Å². The summed E-state index contributed by atoms with van der Waals surface area (Å²) in [4.78, 5) is 28.4. The monoisotopic (exact) mass is 332 g/mol. The van der Waals surface area contributed by atoms with Crippen LogP contribution in [0.25, 0.3) is 0 Å². The SMILES string of the molecule is COC(=O)CSc1nc(C)c(Cc2ccccc2C)c(=O)n1C. The Morgan fingerprint density at radius 2 is 2.00 bits per heavy atom. The number of methoxy groups -OCH3 is 1. The van der Waals surface area contributed by atoms with Crippen molar-refractivity contribution in [2.45, 2.75) is 25.4 Å². The fourth-order valence-electron chi connectivity index (χ4n) is 2.24. The highest BCUT2D eigenvalue weighted by Gasteiger charge is 2.14. The van der Waals surface area contributed by atoms with Crippen LogP contribution in [0.3, 0.4) is 0 Å². The Kier molecular flexibility index (Phi) is 5.60. The minimum absolute atomic E-state index is 0.0758. The van der Waals surface area contributed by atoms with E-state index >= 15 is 0 Å². The third-order valence-electron chi connectivity index (χ3n) is 3.73. The van der Waals surface area contributed by atoms with Gasteiger partial charge in [0.05, 0.1) is 12.9 Å². The van der Waals surface area contributed by atoms with Crippen LogP contribution in [0.5, 0.6) is 0 Å². The van der Waals surface area contributed by atoms with Crippen LogP contribution in [0.1, 0.15) is 22.4 Å². The van der Waals surface area contributed by atoms with Crippen LogP contribution in [-0.2, 0) is 23.0 Å². The van der Waals surface area contributed by atoms with Crippen molar-refractivity contribution < 1.29 is 9.53 Å². The average molecular weight is 332 g/mol. The zero-order chi connectivity index (χ0) is 17.0. The molecule has 122 valence electrons. The molecule has 0 fully saturated rings. The van der Waals surface area contributed by atoms with E-state index in [1.165, 1.54) is 23.4 Å². The van der Waals surface area contributed by atoms with Crippen LogP contribution < -0.4 is 5.56 Å². The van der Waals surface area contributed by atoms with Crippen molar-refractivity contribution in [1.82, 2.24) is 9.55 Å². The fraction of sp³-hybridized carbons (Fsp3) is 0.353. The number of aryl methyl sites for hydroxylation is 2. The van der Waals surface area contributed by atoms with Gasteiger partial charge in [-0.1, -0.05) is 36.0 Å². The molecular weight excluding hydrogens is 312 g/mol. The first-order chi connectivity index (χ1) is 10.9. The third kappa shape index (κ3) is 4.01. The van der Waals surface area contributed by atoms with E-state index in [2.05, 4.69) is 9.72 Å². The molecule has 0 saturated heterocycles. The van der Waals surface area contributed by atoms with Gasteiger partial charge in [-0.15, -0.1) is 0 Å². The molecule has 0 saturated carbocycles. The van der Waals surface area contributed by atoms with E-state index in [4.69, 9.17) is 0 Å². The van der Waals surface area contributed by atoms with E-state index in [9.17, 15) is 9.59 Å². The summed E-state index contributed by atoms with van der Waals surface area (Å²) in [5.41, 5.74) is 3.57. The number of esters is 1. The number of hydrogen-bond donors (Lipinski definition) is 0. The minimum Gasteiger partial charge on any atom is -0.468 e. The molecule has 0 radical (unpaired) electrons. The lowest BCUT2D eigenvalue weighted by Gasteiger charge is -2.12. The number of nitrogens with zero attached hydrogens (tertiary/aromatic N) is 2. The van der Waals surface area contributed by atoms with Crippen LogP contribution in [0.2, 0.25) is 0 Å². The van der Waals surface area contributed by atoms with Gasteiger partial charge in [-0.05, 0) is 25.0 Å². The van der Waals surface area contributed by atoms with Crippen LogP contribution in [0, 0.1) is 13.8 Å². The molecule has 0 atom stereocenters. The zero-order valence-corrected chi connectivity index (χ0v) is 14.6. The standard InChI is InChI=1S/C17H20N2O3S/c1-11-7-5-6-8-13(11)9-14-12(2)18-17(19(3)16(14)21)23-10-15(20)22-4/h5-8H,9-10H2,1-4H3. The molecule has 5 nitrogen and oxygen atoms in total. The molecule has 0 bridgehead atoms. The second kappa shape index (κ2) is 7.46. The molecule has 2 aromatic rings. The number of carbonyl (C=O) groups is 1. The van der Waals surface area contributed by atoms with Crippen molar-refractivity contribution in [1.29, 1.82) is 0 Å². The van der Waals surface area contributed by atoms with Crippen molar-refractivity contribution in [2.24, 2.45) is 7.05 Å². The van der Waals surface area contributed by atoms with Crippen LogP contribution >= 0.6 is 11.8 Å². The fourth-order valence-corrected chi connectivity index (χ4v) is 3.09. The van der Waals surface area contributed by atoms with E-state index < -0.39 is 0 Å². The predicted molar refractivity (Wildman–Crippen MR) is 90.9 cm³/mol. The van der Waals surface area contributed by atoms with Gasteiger partial charge in [0.1, 0.15) is 0 Å². The largest absolute Gasteiger partial charge is 0.468 e. The molecular formula is C17H20N2O3S. The molecule has 0 aliphatic rings. The Morgan fingerprint density at radius 3 is 2.65 bits per heavy atom. The quantitative estimate of drug-likeness (QED) is 0.477. The lowest BCUT2D eigenvalue weighted by Crippen LogP contribution is -2.26. The summed E-state index contributed by atoms with van der Waals surface area (Å²) >= 11 is 1.20. The maximum absolute atomic E-state index is 12.6. The highest BCUT2D eigenvalue weighted by atomic mass is 32.2. The number of hydrogen-bond acceptors (Lipinski definition) is 5. The summed E-state index contributed by atoms with van der Waals surface area (Å²) in [6.07, 6.45) is 0.556. The van der Waals surface area contributed by atoms with Gasteiger partial charge < -0.3 is 4.74 Å². The van der Waals surface area contributed by atoms with Crippen molar-refractivity contribution in [3.63, 3.8) is 0 Å². The maximum atomic E-state index is 12.6. The van der Waals surface area contributed by atoms with E-state index in [1.807, 2.05) is 38.1 Å². The summed E-state index contributed by atoms with van der Waals surface area (Å²) in [5.74, 6) is -0.209. The lowest BCUT2D eigenvalue weighted by atomic mass is 10.0. The zero-order valence-electron chi connectivity index (χ0n) is 13.8. The van der Waals surface area contributed by atoms with Crippen molar-refractivity contribution in [3.05, 3.63) is 57.0 Å². The van der Waals surface area contributed by atoms with Gasteiger partial charge in [0, 0.05) is 24.7 Å². The average Bonchev–Trinajstić information content (AvgIpc) is 2.54. The summed E-state index contributed by atoms with van der Waals surface area (Å²) in [7, 11) is 3.02. The van der Waals surface area contributed by atoms with E-state index in [1.54, 1.807) is 7.05 Å². The molecule has 23 heavy (non-hydrogen) atoms. The van der Waals surface area contributed by atoms with Crippen molar-refractivity contribution in [2.75, 3.05) is 12.9 Å². The number of benzene rings is 1. The molecule has 1 aromatic carbocycles. The van der Waals surface area contributed by atoms with Gasteiger partial charge in [0.15, 0.2) is 5.16 Å². The van der Waals surface area contributed by atoms with Crippen LogP contribution in [0.15, 0.2) is 34.2 Å². The van der Waals surface area contributed by atoms with Gasteiger partial charge in [0.2, 0.25) is 0 Å². The Balaban J connectivity index is 2.33. The number of rotatable bonds is 5. The Labute approximate surface area is 139 Å². The number of carbonyl (C=O) groups excluding carboxylic acids is 1. The summed E-state index contributed by atoms with van der Waals surface area (Å²) in [6, 6.07) is 8.00. The van der Waals surface area contributed by atoms with Gasteiger partial charge in [0.25, 0.3) is 5.56 Å². The minimum atomic E-state index is -0.342. The Hall–Kier alpha value is -2.08. The molecule has 6 heteroatoms. The number of ether oxygens (including phenoxy) is 1. The molecule has 0 amide bonds. The lowest BCUT2D eigenvalue weighted by molar-refractivity contribution is -0.137. The Morgan fingerprint density at radius 1 is 1.30 bits per heavy atom. The van der Waals surface area contributed by atoms with Gasteiger partial charge in [-0.2, -0.15) is 0 Å². The number of thioether (sulfide) groups is 1. The molecule has 2 rings (SSSR count). The first-order valence-electron chi connectivity index (χ1n) is 7.24. The molecule has 0 N–H and O–H groups in total. The second-order valence-electron chi connectivity index (χ2n) is 5.29. The van der Waals surface area contributed by atoms with Crippen LogP contribution in [-0.4, -0.2) is 28.4 Å². The molecule has 0 aliphatic carbocycles. The molecule has 1 aromatic heterocycles. The molecule has 0 unspecified atom stereocenters. The van der Waals surface area contributed by atoms with Crippen molar-refractivity contribution >= 4 is 17.7 Å². The summed E-state index contributed by atoms with van der Waals surface area (Å²) < 4.78 is 6.11. The molecule has 1 heterocycles. The first-order valence-corrected chi connectivity index (χ1v) is 8.23. The summed E-state index contributed by atoms with van der Waals surface area (Å²) in [6.45, 7) is 3.86. The number of aromatic nitrogens is 2. The van der Waals surface area contributed by atoms with Crippen LogP contribution in [0.4, 0.5) is 0 Å². The molecule has 0 spiro atoms. The van der Waals surface area contributed by atoms with E-state index in [-0.39, 0.29) is 17.3 Å². The molecule has 0 aliphatic heterocycles. The van der Waals surface area contributed by atoms with Gasteiger partial charge in [-0.25, -0.2) is 4.98 Å². The Bertz CT molecular complexity index is 784. The first kappa shape index (κ1) is 17.3. The highest BCUT2D eigenvalue weighted by Crippen LogP contribution is 2.17. The smallest absolute Gasteiger partial charge is 0.316 e. The van der Waals surface area contributed by atoms with E-state index in [0.29, 0.717) is 22.8 Å². The maximum Gasteiger partial charge on any atom is 0.316 e. The van der Waals surface area contributed by atoms with Gasteiger partial charge >= 0.3 is 5.97 Å². The van der Waals surface area contributed by atoms with Gasteiger partial charge in [-0.3, -0.25) is 14.2 Å². The normalized spacial score (nSPS) is 10.6. The highest BCUT2D eigenvalue weighted by molar-refractivity contribution is 7.99. The summed E-state index contributed by atoms with van der Waals surface area (Å²) in [5, 5.41) is 0.520. The predicted octanol–water partition coefficient (Wildman–Crippen LogP) is 2.25. The third-order valence-corrected chi connectivity index (χ3v) is 4.73. The van der Waals surface area contributed by atoms with E-state index in [0.717, 1.165) is 11.1 Å². The second-order valence-corrected chi connectivity index (χ2v) is 6.23. The topological polar surface area (TPSA) is 61.2 Å².